The molecule has 1 heterocycles. The van der Waals surface area contributed by atoms with Crippen LogP contribution in [-0.2, 0) is 25.6 Å². The lowest BCUT2D eigenvalue weighted by atomic mass is 10.0. The molecule has 180 valence electrons. The molecule has 1 aliphatic heterocycles. The Balaban J connectivity index is 2.03. The molecule has 2 rings (SSSR count). The number of halogens is 1. The zero-order chi connectivity index (χ0) is 24.4. The molecule has 10 nitrogen and oxygen atoms in total. The van der Waals surface area contributed by atoms with Gasteiger partial charge in [-0.05, 0) is 37.7 Å². The quantitative estimate of drug-likeness (QED) is 0.0899. The van der Waals surface area contributed by atoms with Crippen LogP contribution in [0.1, 0.15) is 31.2 Å². The summed E-state index contributed by atoms with van der Waals surface area (Å²) in [4.78, 5) is 51.7. The molecule has 1 unspecified atom stereocenters. The summed E-state index contributed by atoms with van der Waals surface area (Å²) in [5.74, 6) is -3.14. The highest BCUT2D eigenvalue weighted by molar-refractivity contribution is 6.48. The zero-order valence-electron chi connectivity index (χ0n) is 18.4. The van der Waals surface area contributed by atoms with Gasteiger partial charge in [0.05, 0.1) is 18.0 Å². The molecule has 2 amide bonds. The molecule has 1 aromatic carbocycles. The number of ketones is 2. The Kier molecular flexibility index (Phi) is 10.3. The van der Waals surface area contributed by atoms with E-state index < -0.39 is 41.5 Å². The van der Waals surface area contributed by atoms with Crippen LogP contribution in [0.2, 0.25) is 0 Å². The number of rotatable bonds is 12. The second kappa shape index (κ2) is 12.9. The third-order valence-electron chi connectivity index (χ3n) is 5.47. The molecule has 1 aliphatic rings. The summed E-state index contributed by atoms with van der Waals surface area (Å²) in [6.07, 6.45) is 1.94. The second-order valence-corrected chi connectivity index (χ2v) is 8.22. The van der Waals surface area contributed by atoms with Gasteiger partial charge in [0.15, 0.2) is 5.96 Å². The van der Waals surface area contributed by atoms with Crippen molar-refractivity contribution in [3.05, 3.63) is 35.9 Å². The molecule has 0 spiro atoms. The third-order valence-corrected chi connectivity index (χ3v) is 5.71. The number of carbonyl (C=O) groups is 4. The topological polar surface area (TPSA) is 171 Å². The van der Waals surface area contributed by atoms with E-state index in [9.17, 15) is 19.2 Å². The molecular formula is C22H31ClN6O4. The predicted octanol–water partition coefficient (Wildman–Crippen LogP) is -0.328. The van der Waals surface area contributed by atoms with Crippen LogP contribution in [0.15, 0.2) is 30.3 Å². The van der Waals surface area contributed by atoms with Crippen LogP contribution < -0.4 is 22.1 Å². The van der Waals surface area contributed by atoms with E-state index in [-0.39, 0.29) is 18.3 Å². The number of amides is 2. The number of guanidine groups is 1. The van der Waals surface area contributed by atoms with E-state index in [1.165, 1.54) is 4.90 Å². The van der Waals surface area contributed by atoms with Crippen molar-refractivity contribution in [3.63, 3.8) is 0 Å². The molecular weight excluding hydrogens is 448 g/mol. The summed E-state index contributed by atoms with van der Waals surface area (Å²) < 4.78 is 0. The van der Waals surface area contributed by atoms with Crippen molar-refractivity contribution < 1.29 is 19.2 Å². The van der Waals surface area contributed by atoms with E-state index >= 15 is 0 Å². The number of nitrogens with zero attached hydrogens (tertiary/aromatic N) is 1. The fraction of sp³-hybridized carbons (Fsp3) is 0.500. The van der Waals surface area contributed by atoms with E-state index in [1.807, 2.05) is 30.3 Å². The lowest BCUT2D eigenvalue weighted by Gasteiger charge is -2.28. The van der Waals surface area contributed by atoms with Crippen molar-refractivity contribution in [1.29, 1.82) is 5.41 Å². The molecule has 0 radical (unpaired) electrons. The van der Waals surface area contributed by atoms with Gasteiger partial charge in [-0.2, -0.15) is 0 Å². The Bertz CT molecular complexity index is 866. The van der Waals surface area contributed by atoms with E-state index in [2.05, 4.69) is 10.6 Å². The normalized spacial score (nSPS) is 17.2. The van der Waals surface area contributed by atoms with Crippen LogP contribution >= 0.6 is 11.6 Å². The van der Waals surface area contributed by atoms with Crippen molar-refractivity contribution in [2.24, 2.45) is 11.5 Å². The average molecular weight is 479 g/mol. The van der Waals surface area contributed by atoms with Crippen LogP contribution in [0.25, 0.3) is 0 Å². The molecule has 3 atom stereocenters. The number of carbonyl (C=O) groups excluding carboxylic acids is 4. The summed E-state index contributed by atoms with van der Waals surface area (Å²) in [7, 11) is 0. The average Bonchev–Trinajstić information content (AvgIpc) is 3.30. The van der Waals surface area contributed by atoms with Gasteiger partial charge in [-0.1, -0.05) is 30.3 Å². The summed E-state index contributed by atoms with van der Waals surface area (Å²) in [6.45, 7) is 0.688. The predicted molar refractivity (Wildman–Crippen MR) is 125 cm³/mol. The summed E-state index contributed by atoms with van der Waals surface area (Å²) in [5.41, 5.74) is 12.3. The van der Waals surface area contributed by atoms with Crippen molar-refractivity contribution in [2.45, 2.75) is 50.2 Å². The number of hydrogen-bond acceptors (Lipinski definition) is 6. The molecule has 7 N–H and O–H groups in total. The van der Waals surface area contributed by atoms with Crippen LogP contribution in [0, 0.1) is 5.41 Å². The molecule has 0 aliphatic carbocycles. The molecule has 1 saturated heterocycles. The number of hydrogen-bond donors (Lipinski definition) is 5. The zero-order valence-corrected chi connectivity index (χ0v) is 19.1. The third kappa shape index (κ3) is 7.83. The first kappa shape index (κ1) is 26.3. The molecule has 1 aromatic rings. The summed E-state index contributed by atoms with van der Waals surface area (Å²) in [5, 5.41) is 12.4. The van der Waals surface area contributed by atoms with Gasteiger partial charge in [-0.15, -0.1) is 11.6 Å². The SMILES string of the molecule is N=C(N)NCCC[C@H](NC(=O)[C@@H]1CCCN1C(=O)C(N)Cc1ccccc1)C(=O)C(=O)CCl. The van der Waals surface area contributed by atoms with Crippen molar-refractivity contribution in [1.82, 2.24) is 15.5 Å². The number of nitrogens with two attached hydrogens (primary N) is 2. The van der Waals surface area contributed by atoms with Gasteiger partial charge in [-0.3, -0.25) is 24.6 Å². The lowest BCUT2D eigenvalue weighted by Crippen LogP contribution is -2.55. The minimum atomic E-state index is -1.08. The van der Waals surface area contributed by atoms with Crippen LogP contribution in [0.4, 0.5) is 0 Å². The van der Waals surface area contributed by atoms with Gasteiger partial charge in [0, 0.05) is 13.1 Å². The second-order valence-electron chi connectivity index (χ2n) is 7.95. The first-order valence-electron chi connectivity index (χ1n) is 10.9. The fourth-order valence-corrected chi connectivity index (χ4v) is 3.93. The highest BCUT2D eigenvalue weighted by atomic mass is 35.5. The summed E-state index contributed by atoms with van der Waals surface area (Å²) >= 11 is 5.52. The van der Waals surface area contributed by atoms with Gasteiger partial charge >= 0.3 is 0 Å². The molecule has 0 aromatic heterocycles. The monoisotopic (exact) mass is 478 g/mol. The Hall–Kier alpha value is -2.98. The van der Waals surface area contributed by atoms with Crippen LogP contribution in [0.5, 0.6) is 0 Å². The number of nitrogens with one attached hydrogen (secondary N) is 3. The van der Waals surface area contributed by atoms with Crippen molar-refractivity contribution in [2.75, 3.05) is 19.0 Å². The lowest BCUT2D eigenvalue weighted by molar-refractivity contribution is -0.141. The number of benzene rings is 1. The fourth-order valence-electron chi connectivity index (χ4n) is 3.80. The van der Waals surface area contributed by atoms with E-state index in [0.717, 1.165) is 5.56 Å². The first-order valence-corrected chi connectivity index (χ1v) is 11.4. The highest BCUT2D eigenvalue weighted by Gasteiger charge is 2.38. The van der Waals surface area contributed by atoms with Crippen molar-refractivity contribution in [3.8, 4) is 0 Å². The minimum Gasteiger partial charge on any atom is -0.370 e. The number of Topliss-reactive ketones (excluding diaryl/α,β-unsaturated/α-hetero) is 2. The molecule has 11 heteroatoms. The largest absolute Gasteiger partial charge is 0.370 e. The number of likely N-dealkylation sites (tertiary alicyclic amines) is 1. The first-order chi connectivity index (χ1) is 15.7. The highest BCUT2D eigenvalue weighted by Crippen LogP contribution is 2.20. The van der Waals surface area contributed by atoms with E-state index in [1.54, 1.807) is 0 Å². The van der Waals surface area contributed by atoms with Gasteiger partial charge in [0.1, 0.15) is 6.04 Å². The molecule has 1 fully saturated rings. The molecule has 33 heavy (non-hydrogen) atoms. The standard InChI is InChI=1S/C22H31ClN6O4/c23-13-18(30)19(31)16(8-4-10-27-22(25)26)28-20(32)17-9-5-11-29(17)21(33)15(24)12-14-6-2-1-3-7-14/h1-3,6-7,15-17H,4-5,8-13,24H2,(H,28,32)(H4,25,26,27)/t15?,16-,17-/m0/s1. The molecule has 0 bridgehead atoms. The van der Waals surface area contributed by atoms with E-state index in [0.29, 0.717) is 38.8 Å². The Morgan fingerprint density at radius 3 is 2.55 bits per heavy atom. The van der Waals surface area contributed by atoms with Gasteiger partial charge in [-0.25, -0.2) is 0 Å². The maximum Gasteiger partial charge on any atom is 0.243 e. The maximum absolute atomic E-state index is 13.0. The Labute approximate surface area is 197 Å². The Morgan fingerprint density at radius 1 is 1.21 bits per heavy atom. The van der Waals surface area contributed by atoms with Gasteiger partial charge in [0.2, 0.25) is 23.4 Å². The van der Waals surface area contributed by atoms with Gasteiger partial charge < -0.3 is 27.0 Å². The maximum atomic E-state index is 13.0. The molecule has 0 saturated carbocycles. The Morgan fingerprint density at radius 2 is 1.91 bits per heavy atom. The minimum absolute atomic E-state index is 0.154. The van der Waals surface area contributed by atoms with Crippen LogP contribution in [-0.4, -0.2) is 71.3 Å². The smallest absolute Gasteiger partial charge is 0.243 e. The number of alkyl halides is 1. The summed E-state index contributed by atoms with van der Waals surface area (Å²) in [6, 6.07) is 6.73. The van der Waals surface area contributed by atoms with Crippen molar-refractivity contribution >= 4 is 40.9 Å². The van der Waals surface area contributed by atoms with Crippen LogP contribution in [0.3, 0.4) is 0 Å². The van der Waals surface area contributed by atoms with E-state index in [4.69, 9.17) is 28.5 Å². The van der Waals surface area contributed by atoms with Gasteiger partial charge in [0.25, 0.3) is 0 Å².